The van der Waals surface area contributed by atoms with Gasteiger partial charge in [0.2, 0.25) is 0 Å². The Morgan fingerprint density at radius 3 is 1.86 bits per heavy atom. The van der Waals surface area contributed by atoms with Crippen LogP contribution in [0.1, 0.15) is 12.0 Å². The van der Waals surface area contributed by atoms with E-state index in [1.165, 1.54) is 21.5 Å². The summed E-state index contributed by atoms with van der Waals surface area (Å²) >= 11 is 0. The molecule has 0 saturated heterocycles. The summed E-state index contributed by atoms with van der Waals surface area (Å²) in [7, 11) is 2.72. The second-order valence-corrected chi connectivity index (χ2v) is 9.08. The monoisotopic (exact) mass is 400 g/mol. The van der Waals surface area contributed by atoms with Gasteiger partial charge in [0.25, 0.3) is 0 Å². The second kappa shape index (κ2) is 8.88. The van der Waals surface area contributed by atoms with Gasteiger partial charge >= 0.3 is 0 Å². The molecule has 1 aliphatic rings. The highest BCUT2D eigenvalue weighted by atomic mass is 31.1. The van der Waals surface area contributed by atoms with Crippen molar-refractivity contribution in [1.82, 2.24) is 0 Å². The molecule has 0 bridgehead atoms. The van der Waals surface area contributed by atoms with Crippen molar-refractivity contribution in [3.63, 3.8) is 0 Å². The third-order valence-corrected chi connectivity index (χ3v) is 7.82. The van der Waals surface area contributed by atoms with Crippen LogP contribution < -0.4 is 15.9 Å². The van der Waals surface area contributed by atoms with E-state index < -0.39 is 13.7 Å². The predicted molar refractivity (Wildman–Crippen MR) is 124 cm³/mol. The van der Waals surface area contributed by atoms with Crippen molar-refractivity contribution in [2.24, 2.45) is 0 Å². The number of ether oxygens (including phenoxy) is 2. The van der Waals surface area contributed by atoms with Crippen LogP contribution in [0, 0.1) is 0 Å². The predicted octanol–water partition coefficient (Wildman–Crippen LogP) is 4.78. The molecule has 0 fully saturated rings. The average Bonchev–Trinajstić information content (AvgIpc) is 2.81. The van der Waals surface area contributed by atoms with Gasteiger partial charge in [0, 0.05) is 26.2 Å². The van der Waals surface area contributed by atoms with Gasteiger partial charge in [-0.3, -0.25) is 0 Å². The van der Waals surface area contributed by atoms with Crippen LogP contribution in [0.3, 0.4) is 0 Å². The average molecular weight is 400 g/mol. The van der Waals surface area contributed by atoms with E-state index in [0.29, 0.717) is 6.42 Å². The molecule has 0 heterocycles. The topological polar surface area (TPSA) is 18.5 Å². The first kappa shape index (κ1) is 19.8. The van der Waals surface area contributed by atoms with Crippen molar-refractivity contribution in [3.8, 4) is 0 Å². The van der Waals surface area contributed by atoms with Crippen molar-refractivity contribution in [2.75, 3.05) is 14.2 Å². The van der Waals surface area contributed by atoms with E-state index in [1.807, 2.05) is 0 Å². The van der Waals surface area contributed by atoms with Crippen molar-refractivity contribution in [1.29, 1.82) is 0 Å². The molecule has 3 aromatic rings. The summed E-state index contributed by atoms with van der Waals surface area (Å²) in [6.07, 6.45) is 7.00. The Balaban J connectivity index is 1.93. The van der Waals surface area contributed by atoms with Crippen molar-refractivity contribution in [3.05, 3.63) is 109 Å². The number of rotatable bonds is 6. The van der Waals surface area contributed by atoms with Gasteiger partial charge in [-0.2, -0.15) is 0 Å². The fourth-order valence-electron chi connectivity index (χ4n) is 3.87. The number of methoxy groups -OCH3 is 2. The molecular formula is C26H25O2P. The Kier molecular flexibility index (Phi) is 6.06. The van der Waals surface area contributed by atoms with Gasteiger partial charge in [-0.1, -0.05) is 103 Å². The summed E-state index contributed by atoms with van der Waals surface area (Å²) < 4.78 is 11.8. The van der Waals surface area contributed by atoms with Gasteiger partial charge in [0.05, 0.1) is 0 Å². The van der Waals surface area contributed by atoms with Gasteiger partial charge in [-0.05, 0) is 29.4 Å². The summed E-state index contributed by atoms with van der Waals surface area (Å²) in [5.74, 6) is -0.765. The normalized spacial score (nSPS) is 15.3. The second-order valence-electron chi connectivity index (χ2n) is 6.90. The third kappa shape index (κ3) is 3.84. The number of allylic oxidation sites excluding steroid dienone is 2. The van der Waals surface area contributed by atoms with Crippen LogP contribution in [-0.4, -0.2) is 20.0 Å². The molecule has 0 atom stereocenters. The Labute approximate surface area is 174 Å². The maximum atomic E-state index is 5.91. The van der Waals surface area contributed by atoms with Crippen LogP contribution in [0.15, 0.2) is 103 Å². The molecule has 0 unspecified atom stereocenters. The van der Waals surface area contributed by atoms with Gasteiger partial charge < -0.3 is 9.47 Å². The van der Waals surface area contributed by atoms with E-state index in [-0.39, 0.29) is 0 Å². The van der Waals surface area contributed by atoms with Crippen LogP contribution in [0.2, 0.25) is 0 Å². The van der Waals surface area contributed by atoms with Crippen molar-refractivity contribution in [2.45, 2.75) is 12.2 Å². The van der Waals surface area contributed by atoms with Gasteiger partial charge in [0.1, 0.15) is 0 Å². The molecule has 3 heteroatoms. The number of benzene rings is 3. The summed E-state index contributed by atoms with van der Waals surface area (Å²) in [4.78, 5) is 0. The Morgan fingerprint density at radius 1 is 0.724 bits per heavy atom. The molecule has 0 N–H and O–H groups in total. The molecule has 0 saturated carbocycles. The molecule has 29 heavy (non-hydrogen) atoms. The summed E-state index contributed by atoms with van der Waals surface area (Å²) in [5, 5.41) is 3.96. The first-order valence-corrected chi connectivity index (χ1v) is 11.1. The van der Waals surface area contributed by atoms with Gasteiger partial charge in [-0.15, -0.1) is 0 Å². The largest absolute Gasteiger partial charge is 0.349 e. The minimum absolute atomic E-state index is 0.689. The van der Waals surface area contributed by atoms with Crippen LogP contribution in [0.5, 0.6) is 0 Å². The van der Waals surface area contributed by atoms with Crippen LogP contribution in [0.25, 0.3) is 5.57 Å². The highest BCUT2D eigenvalue weighted by molar-refractivity contribution is 7.80. The Bertz CT molecular complexity index is 966. The van der Waals surface area contributed by atoms with Crippen molar-refractivity contribution >= 4 is 29.4 Å². The Morgan fingerprint density at radius 2 is 1.28 bits per heavy atom. The highest BCUT2D eigenvalue weighted by Crippen LogP contribution is 2.41. The molecule has 0 spiro atoms. The van der Waals surface area contributed by atoms with Gasteiger partial charge in [0.15, 0.2) is 5.79 Å². The van der Waals surface area contributed by atoms with Crippen molar-refractivity contribution < 1.29 is 9.47 Å². The molecule has 4 rings (SSSR count). The molecule has 146 valence electrons. The summed E-state index contributed by atoms with van der Waals surface area (Å²) in [5.41, 5.74) is 2.25. The fraction of sp³-hybridized carbons (Fsp3) is 0.154. The Hall–Kier alpha value is -2.51. The maximum Gasteiger partial charge on any atom is 0.198 e. The molecular weight excluding hydrogens is 375 g/mol. The van der Waals surface area contributed by atoms with E-state index in [4.69, 9.17) is 9.47 Å². The molecule has 0 radical (unpaired) electrons. The smallest absolute Gasteiger partial charge is 0.198 e. The van der Waals surface area contributed by atoms with E-state index in [2.05, 4.69) is 103 Å². The first-order chi connectivity index (χ1) is 14.3. The van der Waals surface area contributed by atoms with E-state index in [0.717, 1.165) is 5.57 Å². The quantitative estimate of drug-likeness (QED) is 0.438. The van der Waals surface area contributed by atoms with Crippen LogP contribution in [-0.2, 0) is 9.47 Å². The maximum absolute atomic E-state index is 5.91. The van der Waals surface area contributed by atoms with E-state index >= 15 is 0 Å². The lowest BCUT2D eigenvalue weighted by molar-refractivity contribution is -0.159. The molecule has 3 aromatic carbocycles. The first-order valence-electron chi connectivity index (χ1n) is 9.76. The third-order valence-electron chi connectivity index (χ3n) is 5.32. The zero-order valence-corrected chi connectivity index (χ0v) is 17.7. The lowest BCUT2D eigenvalue weighted by Crippen LogP contribution is -2.37. The summed E-state index contributed by atoms with van der Waals surface area (Å²) in [6, 6.07) is 30.2. The standard InChI is InChI=1S/C26H25O2P/c1-27-26(28-2)20-12-11-18-24(26)23-17-9-10-19-25(23)29(21-13-5-3-6-14-21)22-15-7-4-8-16-22/h3-19H,20H2,1-2H3. The van der Waals surface area contributed by atoms with Gasteiger partial charge in [-0.25, -0.2) is 0 Å². The zero-order chi connectivity index (χ0) is 20.1. The highest BCUT2D eigenvalue weighted by Gasteiger charge is 2.37. The van der Waals surface area contributed by atoms with E-state index in [9.17, 15) is 0 Å². The fourth-order valence-corrected chi connectivity index (χ4v) is 6.33. The SMILES string of the molecule is COC1(OC)CC=CC=C1c1ccccc1P(c1ccccc1)c1ccccc1. The number of hydrogen-bond donors (Lipinski definition) is 0. The molecule has 0 aromatic heterocycles. The number of hydrogen-bond acceptors (Lipinski definition) is 2. The molecule has 2 nitrogen and oxygen atoms in total. The van der Waals surface area contributed by atoms with E-state index in [1.54, 1.807) is 14.2 Å². The molecule has 0 amide bonds. The summed E-state index contributed by atoms with van der Waals surface area (Å²) in [6.45, 7) is 0. The molecule has 1 aliphatic carbocycles. The minimum Gasteiger partial charge on any atom is -0.349 e. The molecule has 0 aliphatic heterocycles. The lowest BCUT2D eigenvalue weighted by Gasteiger charge is -2.36. The lowest BCUT2D eigenvalue weighted by atomic mass is 9.91. The minimum atomic E-state index is -0.765. The van der Waals surface area contributed by atoms with Crippen LogP contribution in [0.4, 0.5) is 0 Å². The zero-order valence-electron chi connectivity index (χ0n) is 16.8. The van der Waals surface area contributed by atoms with Crippen LogP contribution >= 0.6 is 7.92 Å².